The van der Waals surface area contributed by atoms with Gasteiger partial charge in [0.2, 0.25) is 5.91 Å². The minimum Gasteiger partial charge on any atom is -0.369 e. The molecule has 27 heavy (non-hydrogen) atoms. The van der Waals surface area contributed by atoms with Crippen LogP contribution in [0.3, 0.4) is 0 Å². The molecule has 0 unspecified atom stereocenters. The molecule has 2 saturated heterocycles. The topological polar surface area (TPSA) is 30.0 Å². The molecule has 5 nitrogen and oxygen atoms in total. The molecule has 0 radical (unpaired) electrons. The molecule has 1 aromatic rings. The molecule has 0 aromatic heterocycles. The lowest BCUT2D eigenvalue weighted by atomic mass is 10.0. The highest BCUT2D eigenvalue weighted by molar-refractivity contribution is 5.78. The molecule has 150 valence electrons. The van der Waals surface area contributed by atoms with E-state index in [1.54, 1.807) is 0 Å². The summed E-state index contributed by atoms with van der Waals surface area (Å²) in [6, 6.07) is 9.54. The monoisotopic (exact) mass is 372 g/mol. The van der Waals surface area contributed by atoms with Gasteiger partial charge in [0.25, 0.3) is 0 Å². The van der Waals surface area contributed by atoms with Crippen molar-refractivity contribution < 1.29 is 4.79 Å². The van der Waals surface area contributed by atoms with Gasteiger partial charge in [-0.25, -0.2) is 0 Å². The van der Waals surface area contributed by atoms with Crippen LogP contribution in [-0.2, 0) is 4.79 Å². The zero-order valence-corrected chi connectivity index (χ0v) is 17.5. The van der Waals surface area contributed by atoms with E-state index in [9.17, 15) is 4.79 Å². The maximum absolute atomic E-state index is 12.6. The quantitative estimate of drug-likeness (QED) is 0.794. The van der Waals surface area contributed by atoms with Crippen LogP contribution in [0, 0.1) is 0 Å². The number of nitrogens with zero attached hydrogens (tertiary/aromatic N) is 4. The van der Waals surface area contributed by atoms with Gasteiger partial charge in [-0.1, -0.05) is 26.0 Å². The molecule has 2 fully saturated rings. The van der Waals surface area contributed by atoms with E-state index in [4.69, 9.17) is 0 Å². The second-order valence-corrected chi connectivity index (χ2v) is 8.52. The Hall–Kier alpha value is -1.59. The third-order valence-corrected chi connectivity index (χ3v) is 6.05. The van der Waals surface area contributed by atoms with Crippen LogP contribution < -0.4 is 4.90 Å². The molecule has 1 amide bonds. The van der Waals surface area contributed by atoms with Crippen LogP contribution in [0.4, 0.5) is 5.69 Å². The van der Waals surface area contributed by atoms with Gasteiger partial charge in [0, 0.05) is 64.1 Å². The molecule has 0 aliphatic carbocycles. The van der Waals surface area contributed by atoms with E-state index in [1.165, 1.54) is 11.3 Å². The zero-order chi connectivity index (χ0) is 19.4. The molecule has 0 spiro atoms. The van der Waals surface area contributed by atoms with E-state index < -0.39 is 0 Å². The lowest BCUT2D eigenvalue weighted by molar-refractivity contribution is -0.134. The Kier molecular flexibility index (Phi) is 6.77. The SMILES string of the molecule is CC(C)c1ccc(N2CCN(CC(=O)N3CCN(C(C)C)CC3)CC2)cc1. The highest BCUT2D eigenvalue weighted by atomic mass is 16.2. The van der Waals surface area contributed by atoms with Crippen molar-refractivity contribution in [3.05, 3.63) is 29.8 Å². The number of carbonyl (C=O) groups excluding carboxylic acids is 1. The van der Waals surface area contributed by atoms with Crippen molar-refractivity contribution in [2.24, 2.45) is 0 Å². The predicted octanol–water partition coefficient (Wildman–Crippen LogP) is 2.48. The van der Waals surface area contributed by atoms with Crippen molar-refractivity contribution >= 4 is 11.6 Å². The molecule has 3 rings (SSSR count). The van der Waals surface area contributed by atoms with E-state index in [2.05, 4.69) is 71.6 Å². The highest BCUT2D eigenvalue weighted by Crippen LogP contribution is 2.21. The first-order valence-electron chi connectivity index (χ1n) is 10.5. The second-order valence-electron chi connectivity index (χ2n) is 8.52. The third-order valence-electron chi connectivity index (χ3n) is 6.05. The molecular formula is C22H36N4O. The van der Waals surface area contributed by atoms with Crippen LogP contribution >= 0.6 is 0 Å². The van der Waals surface area contributed by atoms with Gasteiger partial charge in [-0.15, -0.1) is 0 Å². The van der Waals surface area contributed by atoms with E-state index in [-0.39, 0.29) is 0 Å². The number of rotatable bonds is 5. The minimum absolute atomic E-state index is 0.299. The summed E-state index contributed by atoms with van der Waals surface area (Å²) in [6.45, 7) is 17.2. The molecular weight excluding hydrogens is 336 g/mol. The second kappa shape index (κ2) is 9.07. The van der Waals surface area contributed by atoms with E-state index in [0.29, 0.717) is 24.4 Å². The Morgan fingerprint density at radius 2 is 1.44 bits per heavy atom. The van der Waals surface area contributed by atoms with Crippen LogP contribution in [0.5, 0.6) is 0 Å². The average Bonchev–Trinajstić information content (AvgIpc) is 2.68. The normalized spacial score (nSPS) is 19.9. The van der Waals surface area contributed by atoms with Crippen molar-refractivity contribution in [1.29, 1.82) is 0 Å². The Labute approximate surface area is 164 Å². The molecule has 5 heteroatoms. The largest absolute Gasteiger partial charge is 0.369 e. The van der Waals surface area contributed by atoms with Crippen molar-refractivity contribution in [2.45, 2.75) is 39.7 Å². The molecule has 0 atom stereocenters. The van der Waals surface area contributed by atoms with Crippen LogP contribution in [0.25, 0.3) is 0 Å². The zero-order valence-electron chi connectivity index (χ0n) is 17.5. The molecule has 0 saturated carbocycles. The average molecular weight is 373 g/mol. The number of anilines is 1. The molecule has 1 aromatic carbocycles. The number of benzene rings is 1. The first-order valence-corrected chi connectivity index (χ1v) is 10.5. The fraction of sp³-hybridized carbons (Fsp3) is 0.682. The van der Waals surface area contributed by atoms with Gasteiger partial charge >= 0.3 is 0 Å². The number of carbonyl (C=O) groups is 1. The molecule has 0 bridgehead atoms. The predicted molar refractivity (Wildman–Crippen MR) is 112 cm³/mol. The summed E-state index contributed by atoms with van der Waals surface area (Å²) < 4.78 is 0. The van der Waals surface area contributed by atoms with Crippen molar-refractivity contribution in [1.82, 2.24) is 14.7 Å². The van der Waals surface area contributed by atoms with Crippen LogP contribution in [0.2, 0.25) is 0 Å². The lowest BCUT2D eigenvalue weighted by Gasteiger charge is -2.39. The summed E-state index contributed by atoms with van der Waals surface area (Å²) in [5.74, 6) is 0.873. The van der Waals surface area contributed by atoms with Gasteiger partial charge in [0.15, 0.2) is 0 Å². The fourth-order valence-corrected chi connectivity index (χ4v) is 4.01. The lowest BCUT2D eigenvalue weighted by Crippen LogP contribution is -2.54. The molecule has 0 N–H and O–H groups in total. The summed E-state index contributed by atoms with van der Waals surface area (Å²) in [5.41, 5.74) is 2.69. The van der Waals surface area contributed by atoms with Gasteiger partial charge < -0.3 is 9.80 Å². The smallest absolute Gasteiger partial charge is 0.236 e. The van der Waals surface area contributed by atoms with Gasteiger partial charge in [-0.05, 0) is 37.5 Å². The third kappa shape index (κ3) is 5.23. The highest BCUT2D eigenvalue weighted by Gasteiger charge is 2.25. The summed E-state index contributed by atoms with van der Waals surface area (Å²) in [6.07, 6.45) is 0. The summed E-state index contributed by atoms with van der Waals surface area (Å²) in [4.78, 5) is 21.9. The summed E-state index contributed by atoms with van der Waals surface area (Å²) in [5, 5.41) is 0. The fourth-order valence-electron chi connectivity index (χ4n) is 4.01. The Balaban J connectivity index is 1.43. The summed E-state index contributed by atoms with van der Waals surface area (Å²) in [7, 11) is 0. The number of amides is 1. The Bertz CT molecular complexity index is 597. The van der Waals surface area contributed by atoms with Gasteiger partial charge in [0.05, 0.1) is 6.54 Å². The van der Waals surface area contributed by atoms with Crippen LogP contribution in [0.1, 0.15) is 39.2 Å². The van der Waals surface area contributed by atoms with Crippen molar-refractivity contribution in [3.8, 4) is 0 Å². The van der Waals surface area contributed by atoms with Crippen molar-refractivity contribution in [2.75, 3.05) is 63.8 Å². The van der Waals surface area contributed by atoms with Crippen molar-refractivity contribution in [3.63, 3.8) is 0 Å². The van der Waals surface area contributed by atoms with E-state index in [1.807, 2.05) is 0 Å². The first-order chi connectivity index (χ1) is 12.9. The molecule has 2 aliphatic heterocycles. The standard InChI is InChI=1S/C22H36N4O/c1-18(2)20-5-7-21(8-6-20)25-11-9-23(10-12-25)17-22(27)26-15-13-24(14-16-26)19(3)4/h5-8,18-19H,9-17H2,1-4H3. The minimum atomic E-state index is 0.299. The summed E-state index contributed by atoms with van der Waals surface area (Å²) >= 11 is 0. The Morgan fingerprint density at radius 1 is 0.852 bits per heavy atom. The van der Waals surface area contributed by atoms with Crippen LogP contribution in [-0.4, -0.2) is 85.6 Å². The van der Waals surface area contributed by atoms with E-state index in [0.717, 1.165) is 52.4 Å². The molecule has 2 aliphatic rings. The maximum atomic E-state index is 12.6. The van der Waals surface area contributed by atoms with E-state index >= 15 is 0 Å². The van der Waals surface area contributed by atoms with Gasteiger partial charge in [-0.3, -0.25) is 14.6 Å². The van der Waals surface area contributed by atoms with Crippen LogP contribution in [0.15, 0.2) is 24.3 Å². The number of piperazine rings is 2. The van der Waals surface area contributed by atoms with Gasteiger partial charge in [0.1, 0.15) is 0 Å². The number of hydrogen-bond donors (Lipinski definition) is 0. The molecule has 2 heterocycles. The van der Waals surface area contributed by atoms with Gasteiger partial charge in [-0.2, -0.15) is 0 Å². The first kappa shape index (κ1) is 20.2. The number of hydrogen-bond acceptors (Lipinski definition) is 4. The maximum Gasteiger partial charge on any atom is 0.236 e. The Morgan fingerprint density at radius 3 is 1.96 bits per heavy atom.